The molecule has 1 atom stereocenters. The van der Waals surface area contributed by atoms with Crippen LogP contribution in [-0.4, -0.2) is 36.9 Å². The number of ether oxygens (including phenoxy) is 2. The first-order valence-electron chi connectivity index (χ1n) is 8.15. The number of hydrogen-bond acceptors (Lipinski definition) is 8. The van der Waals surface area contributed by atoms with Gasteiger partial charge in [-0.25, -0.2) is 0 Å². The molecule has 1 N–H and O–H groups in total. The zero-order chi connectivity index (χ0) is 21.6. The molecule has 0 saturated heterocycles. The summed E-state index contributed by atoms with van der Waals surface area (Å²) in [4.78, 5) is 34.5. The minimum atomic E-state index is -1.44. The highest BCUT2D eigenvalue weighted by Crippen LogP contribution is 2.36. The number of amides is 1. The zero-order valence-corrected chi connectivity index (χ0v) is 16.5. The number of azo groups is 1. The summed E-state index contributed by atoms with van der Waals surface area (Å²) in [5.74, 6) is -0.599. The first-order chi connectivity index (χ1) is 13.8. The van der Waals surface area contributed by atoms with Crippen LogP contribution in [0.15, 0.2) is 46.6 Å². The molecule has 0 fully saturated rings. The van der Waals surface area contributed by atoms with E-state index >= 15 is 0 Å². The number of anilines is 1. The molecular weight excluding hydrogens is 404 g/mol. The molecule has 0 spiro atoms. The lowest BCUT2D eigenvalue weighted by Gasteiger charge is -2.14. The normalized spacial score (nSPS) is 11.7. The van der Waals surface area contributed by atoms with E-state index in [1.54, 1.807) is 0 Å². The van der Waals surface area contributed by atoms with Gasteiger partial charge in [0.15, 0.2) is 17.3 Å². The number of carbonyl (C=O) groups excluding carboxylic acids is 2. The predicted octanol–water partition coefficient (Wildman–Crippen LogP) is 3.95. The van der Waals surface area contributed by atoms with Crippen LogP contribution in [0.1, 0.15) is 6.92 Å². The van der Waals surface area contributed by atoms with Crippen LogP contribution in [0, 0.1) is 10.1 Å². The second-order valence-electron chi connectivity index (χ2n) is 5.68. The van der Waals surface area contributed by atoms with Crippen molar-refractivity contribution in [1.82, 2.24) is 0 Å². The molecule has 152 valence electrons. The average Bonchev–Trinajstić information content (AvgIpc) is 2.69. The fourth-order valence-corrected chi connectivity index (χ4v) is 2.44. The lowest BCUT2D eigenvalue weighted by Crippen LogP contribution is -2.31. The number of methoxy groups -OCH3 is 2. The lowest BCUT2D eigenvalue weighted by molar-refractivity contribution is -0.384. The molecule has 0 aliphatic heterocycles. The summed E-state index contributed by atoms with van der Waals surface area (Å²) in [6.07, 6.45) is 0. The molecule has 0 saturated carbocycles. The van der Waals surface area contributed by atoms with Crippen LogP contribution in [0.2, 0.25) is 5.02 Å². The van der Waals surface area contributed by atoms with E-state index in [2.05, 4.69) is 15.5 Å². The van der Waals surface area contributed by atoms with Crippen LogP contribution in [0.4, 0.5) is 17.1 Å². The Kier molecular flexibility index (Phi) is 7.21. The van der Waals surface area contributed by atoms with Gasteiger partial charge in [0.1, 0.15) is 0 Å². The lowest BCUT2D eigenvalue weighted by atomic mass is 10.2. The number of nitro groups is 1. The predicted molar refractivity (Wildman–Crippen MR) is 105 cm³/mol. The topological polar surface area (TPSA) is 132 Å². The second-order valence-corrected chi connectivity index (χ2v) is 6.09. The summed E-state index contributed by atoms with van der Waals surface area (Å²) in [5, 5.41) is 20.9. The highest BCUT2D eigenvalue weighted by Gasteiger charge is 2.24. The van der Waals surface area contributed by atoms with Gasteiger partial charge < -0.3 is 14.8 Å². The Bertz CT molecular complexity index is 962. The molecule has 1 unspecified atom stereocenters. The monoisotopic (exact) mass is 420 g/mol. The van der Waals surface area contributed by atoms with Crippen molar-refractivity contribution in [3.05, 3.63) is 51.5 Å². The Morgan fingerprint density at radius 3 is 2.24 bits per heavy atom. The van der Waals surface area contributed by atoms with E-state index in [0.717, 1.165) is 0 Å². The number of nitrogens with zero attached hydrogens (tertiary/aromatic N) is 3. The molecule has 0 aliphatic carbocycles. The van der Waals surface area contributed by atoms with Crippen molar-refractivity contribution in [2.24, 2.45) is 10.2 Å². The van der Waals surface area contributed by atoms with Gasteiger partial charge in [-0.3, -0.25) is 19.7 Å². The number of non-ortho nitro benzene ring substituents is 1. The van der Waals surface area contributed by atoms with E-state index in [4.69, 9.17) is 21.1 Å². The van der Waals surface area contributed by atoms with E-state index < -0.39 is 22.7 Å². The van der Waals surface area contributed by atoms with Gasteiger partial charge in [0.05, 0.1) is 35.5 Å². The fourth-order valence-electron chi connectivity index (χ4n) is 2.23. The third-order valence-electron chi connectivity index (χ3n) is 3.71. The molecule has 10 nitrogen and oxygen atoms in total. The van der Waals surface area contributed by atoms with Crippen molar-refractivity contribution in [1.29, 1.82) is 0 Å². The Balaban J connectivity index is 2.21. The van der Waals surface area contributed by atoms with Gasteiger partial charge in [-0.1, -0.05) is 11.6 Å². The number of hydrogen-bond donors (Lipinski definition) is 1. The summed E-state index contributed by atoms with van der Waals surface area (Å²) in [6.45, 7) is 1.19. The number of Topliss-reactive ketones (excluding diaryl/α,β-unsaturated/α-hetero) is 1. The molecule has 1 amide bonds. The maximum absolute atomic E-state index is 12.5. The molecule has 2 rings (SSSR count). The van der Waals surface area contributed by atoms with E-state index in [9.17, 15) is 19.7 Å². The smallest absolute Gasteiger partial charge is 0.269 e. The van der Waals surface area contributed by atoms with Crippen LogP contribution >= 0.6 is 11.6 Å². The van der Waals surface area contributed by atoms with Crippen LogP contribution in [0.25, 0.3) is 0 Å². The van der Waals surface area contributed by atoms with Gasteiger partial charge in [0.25, 0.3) is 11.6 Å². The standard InChI is InChI=1S/C18H17ClN4O6/c1-10(24)17(22-21-11-4-6-12(7-5-11)23(26)27)18(25)20-14-9-16(29-3)15(28-2)8-13(14)19/h4-9,17H,1-3H3,(H,20,25). The van der Waals surface area contributed by atoms with Crippen molar-refractivity contribution in [2.75, 3.05) is 19.5 Å². The molecule has 0 aliphatic rings. The number of nitrogens with one attached hydrogen (secondary N) is 1. The molecule has 0 heterocycles. The number of halogens is 1. The molecule has 29 heavy (non-hydrogen) atoms. The second kappa shape index (κ2) is 9.60. The van der Waals surface area contributed by atoms with Crippen molar-refractivity contribution in [2.45, 2.75) is 13.0 Å². The number of ketones is 1. The van der Waals surface area contributed by atoms with Crippen LogP contribution in [-0.2, 0) is 9.59 Å². The first kappa shape index (κ1) is 21.8. The van der Waals surface area contributed by atoms with Crippen LogP contribution in [0.3, 0.4) is 0 Å². The Labute approximate surface area is 170 Å². The van der Waals surface area contributed by atoms with Crippen molar-refractivity contribution in [3.8, 4) is 11.5 Å². The summed E-state index contributed by atoms with van der Waals surface area (Å²) in [7, 11) is 2.87. The quantitative estimate of drug-likeness (QED) is 0.297. The van der Waals surface area contributed by atoms with E-state index in [-0.39, 0.29) is 22.1 Å². The summed E-state index contributed by atoms with van der Waals surface area (Å²) < 4.78 is 10.3. The zero-order valence-electron chi connectivity index (χ0n) is 15.7. The van der Waals surface area contributed by atoms with Gasteiger partial charge in [0.2, 0.25) is 6.04 Å². The van der Waals surface area contributed by atoms with Gasteiger partial charge in [0, 0.05) is 24.3 Å². The van der Waals surface area contributed by atoms with E-state index in [1.165, 1.54) is 57.5 Å². The average molecular weight is 421 g/mol. The molecule has 11 heteroatoms. The highest BCUT2D eigenvalue weighted by molar-refractivity contribution is 6.34. The van der Waals surface area contributed by atoms with Gasteiger partial charge in [-0.15, -0.1) is 0 Å². The van der Waals surface area contributed by atoms with Gasteiger partial charge in [-0.2, -0.15) is 10.2 Å². The Morgan fingerprint density at radius 1 is 1.14 bits per heavy atom. The van der Waals surface area contributed by atoms with Crippen molar-refractivity contribution in [3.63, 3.8) is 0 Å². The first-order valence-corrected chi connectivity index (χ1v) is 8.52. The van der Waals surface area contributed by atoms with Crippen molar-refractivity contribution < 1.29 is 24.0 Å². The number of nitro benzene ring substituents is 1. The minimum absolute atomic E-state index is 0.118. The molecule has 2 aromatic carbocycles. The number of carbonyl (C=O) groups is 2. The van der Waals surface area contributed by atoms with Gasteiger partial charge in [-0.05, 0) is 19.1 Å². The Morgan fingerprint density at radius 2 is 1.72 bits per heavy atom. The summed E-state index contributed by atoms with van der Waals surface area (Å²) in [5.41, 5.74) is 0.331. The van der Waals surface area contributed by atoms with Crippen LogP contribution in [0.5, 0.6) is 11.5 Å². The van der Waals surface area contributed by atoms with E-state index in [0.29, 0.717) is 11.5 Å². The fraction of sp³-hybridized carbons (Fsp3) is 0.222. The molecular formula is C18H17ClN4O6. The molecule has 0 radical (unpaired) electrons. The van der Waals surface area contributed by atoms with Crippen LogP contribution < -0.4 is 14.8 Å². The maximum atomic E-state index is 12.5. The maximum Gasteiger partial charge on any atom is 0.269 e. The molecule has 2 aromatic rings. The Hall–Kier alpha value is -3.53. The highest BCUT2D eigenvalue weighted by atomic mass is 35.5. The third-order valence-corrected chi connectivity index (χ3v) is 4.03. The van der Waals surface area contributed by atoms with Gasteiger partial charge >= 0.3 is 0 Å². The molecule has 0 aromatic heterocycles. The minimum Gasteiger partial charge on any atom is -0.493 e. The van der Waals surface area contributed by atoms with E-state index in [1.807, 2.05) is 0 Å². The van der Waals surface area contributed by atoms with Crippen molar-refractivity contribution >= 4 is 40.4 Å². The summed E-state index contributed by atoms with van der Waals surface area (Å²) in [6, 6.07) is 6.64. The third kappa shape index (κ3) is 5.48. The summed E-state index contributed by atoms with van der Waals surface area (Å²) >= 11 is 6.13. The number of rotatable bonds is 8. The molecule has 0 bridgehead atoms. The number of benzene rings is 2. The largest absolute Gasteiger partial charge is 0.493 e. The SMILES string of the molecule is COc1cc(Cl)c(NC(=O)C(N=Nc2ccc([N+](=O)[O-])cc2)C(C)=O)cc1OC.